The Hall–Kier alpha value is -1.58. The van der Waals surface area contributed by atoms with Gasteiger partial charge in [-0.3, -0.25) is 19.2 Å². The van der Waals surface area contributed by atoms with Crippen LogP contribution >= 0.6 is 0 Å². The molecule has 0 saturated heterocycles. The SMILES string of the molecule is CC/C=C/CC1(C)C(=O)CCC1=O.CC1C(=O)CCC1=O. The molecule has 0 unspecified atom stereocenters. The fourth-order valence-electron chi connectivity index (χ4n) is 2.51. The molecule has 0 radical (unpaired) electrons. The van der Waals surface area contributed by atoms with Crippen LogP contribution in [0.15, 0.2) is 12.2 Å². The molecule has 0 aliphatic heterocycles. The summed E-state index contributed by atoms with van der Waals surface area (Å²) in [4.78, 5) is 44.0. The van der Waals surface area contributed by atoms with Gasteiger partial charge in [0.2, 0.25) is 0 Å². The molecule has 0 heterocycles. The molecule has 21 heavy (non-hydrogen) atoms. The largest absolute Gasteiger partial charge is 0.299 e. The van der Waals surface area contributed by atoms with Crippen molar-refractivity contribution in [3.8, 4) is 0 Å². The quantitative estimate of drug-likeness (QED) is 0.592. The maximum absolute atomic E-state index is 11.4. The predicted molar refractivity (Wildman–Crippen MR) is 79.8 cm³/mol. The molecule has 0 spiro atoms. The minimum Gasteiger partial charge on any atom is -0.299 e. The van der Waals surface area contributed by atoms with E-state index in [9.17, 15) is 19.2 Å². The topological polar surface area (TPSA) is 68.3 Å². The smallest absolute Gasteiger partial charge is 0.146 e. The number of hydrogen-bond acceptors (Lipinski definition) is 4. The third-order valence-corrected chi connectivity index (χ3v) is 4.32. The van der Waals surface area contributed by atoms with Gasteiger partial charge in [-0.25, -0.2) is 0 Å². The highest BCUT2D eigenvalue weighted by molar-refractivity contribution is 6.12. The molecule has 2 saturated carbocycles. The van der Waals surface area contributed by atoms with E-state index < -0.39 is 5.41 Å². The second-order valence-corrected chi connectivity index (χ2v) is 5.92. The van der Waals surface area contributed by atoms with Crippen molar-refractivity contribution in [3.05, 3.63) is 12.2 Å². The molecular formula is C17H24O4. The normalized spacial score (nSPS) is 22.0. The maximum Gasteiger partial charge on any atom is 0.146 e. The minimum absolute atomic E-state index is 0.106. The Morgan fingerprint density at radius 1 is 0.952 bits per heavy atom. The van der Waals surface area contributed by atoms with Crippen LogP contribution in [0.2, 0.25) is 0 Å². The summed E-state index contributed by atoms with van der Waals surface area (Å²) in [6.45, 7) is 5.49. The van der Waals surface area contributed by atoms with Crippen molar-refractivity contribution in [3.63, 3.8) is 0 Å². The lowest BCUT2D eigenvalue weighted by Crippen LogP contribution is -2.28. The average molecular weight is 292 g/mol. The Balaban J connectivity index is 0.000000235. The molecule has 0 N–H and O–H groups in total. The molecule has 0 aromatic rings. The molecule has 4 nitrogen and oxygen atoms in total. The summed E-state index contributed by atoms with van der Waals surface area (Å²) >= 11 is 0. The van der Waals surface area contributed by atoms with Crippen molar-refractivity contribution < 1.29 is 19.2 Å². The summed E-state index contributed by atoms with van der Waals surface area (Å²) in [5, 5.41) is 0. The zero-order valence-corrected chi connectivity index (χ0v) is 13.1. The van der Waals surface area contributed by atoms with Gasteiger partial charge in [0.1, 0.15) is 23.1 Å². The van der Waals surface area contributed by atoms with Gasteiger partial charge >= 0.3 is 0 Å². The van der Waals surface area contributed by atoms with Crippen molar-refractivity contribution in [2.24, 2.45) is 11.3 Å². The second kappa shape index (κ2) is 7.43. The summed E-state index contributed by atoms with van der Waals surface area (Å²) in [5.41, 5.74) is -0.703. The Morgan fingerprint density at radius 3 is 1.76 bits per heavy atom. The van der Waals surface area contributed by atoms with E-state index in [4.69, 9.17) is 0 Å². The van der Waals surface area contributed by atoms with E-state index >= 15 is 0 Å². The average Bonchev–Trinajstić information content (AvgIpc) is 2.88. The van der Waals surface area contributed by atoms with Gasteiger partial charge in [0, 0.05) is 25.7 Å². The van der Waals surface area contributed by atoms with Gasteiger partial charge < -0.3 is 0 Å². The number of carbonyl (C=O) groups excluding carboxylic acids is 4. The van der Waals surface area contributed by atoms with Crippen LogP contribution in [0.25, 0.3) is 0 Å². The van der Waals surface area contributed by atoms with Crippen molar-refractivity contribution >= 4 is 23.1 Å². The monoisotopic (exact) mass is 292 g/mol. The zero-order valence-electron chi connectivity index (χ0n) is 13.1. The first kappa shape index (κ1) is 17.5. The summed E-state index contributed by atoms with van der Waals surface area (Å²) in [5.74, 6) is 0.136. The van der Waals surface area contributed by atoms with Crippen LogP contribution < -0.4 is 0 Å². The van der Waals surface area contributed by atoms with Crippen LogP contribution in [-0.2, 0) is 19.2 Å². The number of allylic oxidation sites excluding steroid dienone is 2. The van der Waals surface area contributed by atoms with Gasteiger partial charge in [0.25, 0.3) is 0 Å². The Bertz CT molecular complexity index is 441. The van der Waals surface area contributed by atoms with E-state index in [-0.39, 0.29) is 29.1 Å². The lowest BCUT2D eigenvalue weighted by atomic mass is 9.83. The summed E-state index contributed by atoms with van der Waals surface area (Å²) in [7, 11) is 0. The van der Waals surface area contributed by atoms with E-state index in [1.54, 1.807) is 13.8 Å². The number of rotatable bonds is 3. The molecule has 0 amide bonds. The lowest BCUT2D eigenvalue weighted by molar-refractivity contribution is -0.133. The van der Waals surface area contributed by atoms with Gasteiger partial charge in [0.15, 0.2) is 0 Å². The molecule has 0 aromatic carbocycles. The molecule has 4 heteroatoms. The van der Waals surface area contributed by atoms with E-state index in [1.165, 1.54) is 0 Å². The standard InChI is InChI=1S/C11H16O2.C6H8O2/c1-3-4-5-8-11(2)9(12)6-7-10(11)13;1-4-5(7)2-3-6(4)8/h4-5H,3,6-8H2,1-2H3;4H,2-3H2,1H3/b5-4+;. The highest BCUT2D eigenvalue weighted by Gasteiger charge is 2.43. The Kier molecular flexibility index (Phi) is 6.19. The Morgan fingerprint density at radius 2 is 1.43 bits per heavy atom. The van der Waals surface area contributed by atoms with Gasteiger partial charge in [-0.1, -0.05) is 19.1 Å². The first-order chi connectivity index (χ1) is 9.82. The molecule has 0 atom stereocenters. The molecule has 2 aliphatic carbocycles. The third-order valence-electron chi connectivity index (χ3n) is 4.32. The third kappa shape index (κ3) is 4.19. The highest BCUT2D eigenvalue weighted by Crippen LogP contribution is 2.34. The number of hydrogen-bond donors (Lipinski definition) is 0. The van der Waals surface area contributed by atoms with Crippen LogP contribution in [0.4, 0.5) is 0 Å². The first-order valence-electron chi connectivity index (χ1n) is 7.60. The minimum atomic E-state index is -0.703. The molecule has 2 fully saturated rings. The van der Waals surface area contributed by atoms with E-state index in [0.717, 1.165) is 6.42 Å². The van der Waals surface area contributed by atoms with E-state index in [2.05, 4.69) is 0 Å². The molecule has 116 valence electrons. The van der Waals surface area contributed by atoms with Crippen LogP contribution in [0.3, 0.4) is 0 Å². The van der Waals surface area contributed by atoms with Crippen molar-refractivity contribution in [2.75, 3.05) is 0 Å². The fourth-order valence-corrected chi connectivity index (χ4v) is 2.51. The molecule has 0 aromatic heterocycles. The molecule has 2 aliphatic rings. The molecular weight excluding hydrogens is 268 g/mol. The van der Waals surface area contributed by atoms with Gasteiger partial charge in [-0.15, -0.1) is 0 Å². The van der Waals surface area contributed by atoms with Gasteiger partial charge in [0.05, 0.1) is 11.3 Å². The lowest BCUT2D eigenvalue weighted by Gasteiger charge is -2.17. The van der Waals surface area contributed by atoms with Crippen LogP contribution in [-0.4, -0.2) is 23.1 Å². The van der Waals surface area contributed by atoms with E-state index in [1.807, 2.05) is 19.1 Å². The zero-order chi connectivity index (χ0) is 16.0. The van der Waals surface area contributed by atoms with Crippen molar-refractivity contribution in [2.45, 2.75) is 59.3 Å². The number of carbonyl (C=O) groups is 4. The van der Waals surface area contributed by atoms with Gasteiger partial charge in [-0.05, 0) is 26.7 Å². The first-order valence-corrected chi connectivity index (χ1v) is 7.60. The van der Waals surface area contributed by atoms with Crippen LogP contribution in [0, 0.1) is 11.3 Å². The fraction of sp³-hybridized carbons (Fsp3) is 0.647. The van der Waals surface area contributed by atoms with Gasteiger partial charge in [-0.2, -0.15) is 0 Å². The predicted octanol–water partition coefficient (Wildman–Crippen LogP) is 2.84. The Labute approximate surface area is 126 Å². The summed E-state index contributed by atoms with van der Waals surface area (Å²) in [6, 6.07) is 0. The summed E-state index contributed by atoms with van der Waals surface area (Å²) in [6.07, 6.45) is 7.31. The number of ketones is 4. The number of Topliss-reactive ketones (excluding diaryl/α,β-unsaturated/α-hetero) is 4. The maximum atomic E-state index is 11.4. The molecule has 2 rings (SSSR count). The van der Waals surface area contributed by atoms with Crippen molar-refractivity contribution in [1.82, 2.24) is 0 Å². The van der Waals surface area contributed by atoms with Crippen LogP contribution in [0.1, 0.15) is 59.3 Å². The van der Waals surface area contributed by atoms with Crippen molar-refractivity contribution in [1.29, 1.82) is 0 Å². The highest BCUT2D eigenvalue weighted by atomic mass is 16.2. The summed E-state index contributed by atoms with van der Waals surface area (Å²) < 4.78 is 0. The molecule has 0 bridgehead atoms. The van der Waals surface area contributed by atoms with Crippen LogP contribution in [0.5, 0.6) is 0 Å². The van der Waals surface area contributed by atoms with E-state index in [0.29, 0.717) is 32.1 Å². The second-order valence-electron chi connectivity index (χ2n) is 5.92.